The molecule has 0 unspecified atom stereocenters. The molecule has 1 aromatic heterocycles. The normalized spacial score (nSPS) is 11.8. The van der Waals surface area contributed by atoms with Crippen LogP contribution in [0.5, 0.6) is 0 Å². The number of ether oxygens (including phenoxy) is 1. The number of nitrogens with one attached hydrogen (secondary N) is 1. The Labute approximate surface area is 155 Å². The van der Waals surface area contributed by atoms with Crippen LogP contribution in [0.4, 0.5) is 5.69 Å². The summed E-state index contributed by atoms with van der Waals surface area (Å²) in [4.78, 5) is 40.1. The molecule has 0 aromatic carbocycles. The molecule has 1 rings (SSSR count). The summed E-state index contributed by atoms with van der Waals surface area (Å²) in [6, 6.07) is 0. The van der Waals surface area contributed by atoms with Gasteiger partial charge in [0, 0.05) is 5.41 Å². The van der Waals surface area contributed by atoms with Gasteiger partial charge in [0.1, 0.15) is 27.0 Å². The van der Waals surface area contributed by atoms with E-state index in [4.69, 9.17) is 27.9 Å². The highest BCUT2D eigenvalue weighted by molar-refractivity contribution is 6.38. The van der Waals surface area contributed by atoms with Crippen LogP contribution in [0.15, 0.2) is 0 Å². The Kier molecular flexibility index (Phi) is 6.08. The van der Waals surface area contributed by atoms with Gasteiger partial charge in [-0.05, 0) is 20.8 Å². The van der Waals surface area contributed by atoms with E-state index >= 15 is 0 Å². The summed E-state index contributed by atoms with van der Waals surface area (Å²) in [7, 11) is 0. The van der Waals surface area contributed by atoms with E-state index in [1.807, 2.05) is 0 Å². The highest BCUT2D eigenvalue weighted by Gasteiger charge is 2.32. The molecular weight excluding hydrogens is 371 g/mol. The van der Waals surface area contributed by atoms with Crippen molar-refractivity contribution in [2.45, 2.75) is 47.1 Å². The van der Waals surface area contributed by atoms with Crippen molar-refractivity contribution in [3.05, 3.63) is 21.4 Å². The molecule has 1 heterocycles. The van der Waals surface area contributed by atoms with Crippen LogP contribution in [0.25, 0.3) is 0 Å². The van der Waals surface area contributed by atoms with Gasteiger partial charge in [-0.3, -0.25) is 4.79 Å². The van der Waals surface area contributed by atoms with Gasteiger partial charge in [-0.1, -0.05) is 44.0 Å². The maximum Gasteiger partial charge on any atom is 0.343 e. The monoisotopic (exact) mass is 390 g/mol. The average molecular weight is 391 g/mol. The number of carboxylic acids is 1. The highest BCUT2D eigenvalue weighted by atomic mass is 35.5. The second kappa shape index (κ2) is 7.17. The number of carbonyl (C=O) groups is 3. The van der Waals surface area contributed by atoms with Gasteiger partial charge in [-0.25, -0.2) is 14.6 Å². The number of carboxylic acid groups (broad SMARTS) is 1. The molecule has 9 heteroatoms. The van der Waals surface area contributed by atoms with E-state index in [0.717, 1.165) is 0 Å². The zero-order valence-electron chi connectivity index (χ0n) is 14.8. The number of nitrogens with zero attached hydrogens (tertiary/aromatic N) is 1. The van der Waals surface area contributed by atoms with E-state index in [1.54, 1.807) is 41.5 Å². The maximum atomic E-state index is 12.5. The lowest BCUT2D eigenvalue weighted by atomic mass is 9.95. The standard InChI is InChI=1S/C16H20Cl2N2O5/c1-15(2,3)14(24)19-9-7(12(21)22)10(17)20-11(18)8(9)13(23)25-16(4,5)6/h1-6H3,(H,21,22)(H,19,20,24). The number of pyridine rings is 1. The molecule has 7 nitrogen and oxygen atoms in total. The molecule has 0 radical (unpaired) electrons. The van der Waals surface area contributed by atoms with Crippen LogP contribution in [0.1, 0.15) is 62.3 Å². The first-order valence-corrected chi connectivity index (χ1v) is 8.08. The van der Waals surface area contributed by atoms with E-state index in [9.17, 15) is 19.5 Å². The SMILES string of the molecule is CC(C)(C)OC(=O)c1c(Cl)nc(Cl)c(C(=O)O)c1NC(=O)C(C)(C)C. The van der Waals surface area contributed by atoms with E-state index in [1.165, 1.54) is 0 Å². The number of amides is 1. The second-order valence-corrected chi connectivity index (χ2v) is 8.05. The summed E-state index contributed by atoms with van der Waals surface area (Å²) < 4.78 is 5.24. The molecule has 0 aliphatic carbocycles. The van der Waals surface area contributed by atoms with Gasteiger partial charge >= 0.3 is 11.9 Å². The number of hydrogen-bond donors (Lipinski definition) is 2. The van der Waals surface area contributed by atoms with Crippen LogP contribution < -0.4 is 5.32 Å². The molecule has 0 fully saturated rings. The van der Waals surface area contributed by atoms with Gasteiger partial charge in [-0.2, -0.15) is 0 Å². The topological polar surface area (TPSA) is 106 Å². The Morgan fingerprint density at radius 2 is 1.48 bits per heavy atom. The van der Waals surface area contributed by atoms with Crippen molar-refractivity contribution in [2.75, 3.05) is 5.32 Å². The molecule has 25 heavy (non-hydrogen) atoms. The predicted octanol–water partition coefficient (Wildman–Crippen LogP) is 4.03. The van der Waals surface area contributed by atoms with Crippen molar-refractivity contribution in [1.29, 1.82) is 0 Å². The highest BCUT2D eigenvalue weighted by Crippen LogP contribution is 2.34. The van der Waals surface area contributed by atoms with Gasteiger partial charge in [0.2, 0.25) is 5.91 Å². The minimum absolute atomic E-state index is 0.341. The van der Waals surface area contributed by atoms with Gasteiger partial charge < -0.3 is 15.2 Å². The molecule has 0 atom stereocenters. The number of esters is 1. The van der Waals surface area contributed by atoms with Crippen LogP contribution in [-0.4, -0.2) is 33.5 Å². The number of halogens is 2. The Morgan fingerprint density at radius 1 is 1.00 bits per heavy atom. The van der Waals surface area contributed by atoms with Crippen LogP contribution in [0, 0.1) is 5.41 Å². The summed E-state index contributed by atoms with van der Waals surface area (Å²) in [6.07, 6.45) is 0. The lowest BCUT2D eigenvalue weighted by Crippen LogP contribution is -2.31. The fraction of sp³-hybridized carbons (Fsp3) is 0.500. The van der Waals surface area contributed by atoms with Crippen molar-refractivity contribution in [3.8, 4) is 0 Å². The smallest absolute Gasteiger partial charge is 0.343 e. The third-order valence-corrected chi connectivity index (χ3v) is 3.39. The molecule has 138 valence electrons. The fourth-order valence-electron chi connectivity index (χ4n) is 1.67. The van der Waals surface area contributed by atoms with E-state index < -0.39 is 39.6 Å². The quantitative estimate of drug-likeness (QED) is 0.595. The van der Waals surface area contributed by atoms with Gasteiger partial charge in [0.15, 0.2) is 0 Å². The van der Waals surface area contributed by atoms with E-state index in [0.29, 0.717) is 0 Å². The lowest BCUT2D eigenvalue weighted by molar-refractivity contribution is -0.123. The number of rotatable bonds is 3. The number of hydrogen-bond acceptors (Lipinski definition) is 5. The minimum atomic E-state index is -1.47. The number of carbonyl (C=O) groups excluding carboxylic acids is 2. The molecule has 1 amide bonds. The van der Waals surface area contributed by atoms with E-state index in [-0.39, 0.29) is 16.4 Å². The minimum Gasteiger partial charge on any atom is -0.478 e. The Balaban J connectivity index is 3.64. The number of aromatic nitrogens is 1. The first-order valence-electron chi connectivity index (χ1n) is 7.32. The molecular formula is C16H20Cl2N2O5. The zero-order valence-corrected chi connectivity index (χ0v) is 16.3. The van der Waals surface area contributed by atoms with Gasteiger partial charge in [-0.15, -0.1) is 0 Å². The fourth-order valence-corrected chi connectivity index (χ4v) is 2.23. The Bertz CT molecular complexity index is 734. The van der Waals surface area contributed by atoms with Crippen molar-refractivity contribution in [1.82, 2.24) is 4.98 Å². The number of anilines is 1. The largest absolute Gasteiger partial charge is 0.478 e. The molecule has 0 saturated heterocycles. The molecule has 0 saturated carbocycles. The maximum absolute atomic E-state index is 12.5. The summed E-state index contributed by atoms with van der Waals surface area (Å²) in [5.74, 6) is -2.92. The van der Waals surface area contributed by atoms with Gasteiger partial charge in [0.05, 0.1) is 5.69 Å². The second-order valence-electron chi connectivity index (χ2n) is 7.33. The molecule has 0 aliphatic rings. The first kappa shape index (κ1) is 21.2. The third-order valence-electron chi connectivity index (χ3n) is 2.85. The zero-order chi connectivity index (χ0) is 19.7. The Morgan fingerprint density at radius 3 is 1.88 bits per heavy atom. The molecule has 0 bridgehead atoms. The predicted molar refractivity (Wildman–Crippen MR) is 94.5 cm³/mol. The summed E-state index contributed by atoms with van der Waals surface area (Å²) in [5.41, 5.74) is -2.97. The van der Waals surface area contributed by atoms with Crippen molar-refractivity contribution in [2.24, 2.45) is 5.41 Å². The summed E-state index contributed by atoms with van der Waals surface area (Å²) in [5, 5.41) is 11.0. The van der Waals surface area contributed by atoms with Crippen LogP contribution in [0.3, 0.4) is 0 Å². The molecule has 2 N–H and O–H groups in total. The van der Waals surface area contributed by atoms with Crippen LogP contribution in [-0.2, 0) is 9.53 Å². The molecule has 0 aliphatic heterocycles. The van der Waals surface area contributed by atoms with Crippen LogP contribution >= 0.6 is 23.2 Å². The molecule has 0 spiro atoms. The van der Waals surface area contributed by atoms with Gasteiger partial charge in [0.25, 0.3) is 0 Å². The summed E-state index contributed by atoms with van der Waals surface area (Å²) in [6.45, 7) is 9.77. The Hall–Kier alpha value is -1.86. The summed E-state index contributed by atoms with van der Waals surface area (Å²) >= 11 is 11.8. The van der Waals surface area contributed by atoms with Crippen molar-refractivity contribution in [3.63, 3.8) is 0 Å². The lowest BCUT2D eigenvalue weighted by Gasteiger charge is -2.23. The van der Waals surface area contributed by atoms with Crippen molar-refractivity contribution < 1.29 is 24.2 Å². The number of aromatic carboxylic acids is 1. The average Bonchev–Trinajstić information content (AvgIpc) is 2.33. The van der Waals surface area contributed by atoms with E-state index in [2.05, 4.69) is 10.3 Å². The third kappa shape index (κ3) is 5.31. The molecule has 1 aromatic rings. The van der Waals surface area contributed by atoms with Crippen LogP contribution in [0.2, 0.25) is 10.3 Å². The first-order chi connectivity index (χ1) is 11.1. The van der Waals surface area contributed by atoms with Crippen molar-refractivity contribution >= 4 is 46.7 Å².